The number of furan rings is 1. The number of hydrogen-bond acceptors (Lipinski definition) is 3. The third-order valence-corrected chi connectivity index (χ3v) is 3.55. The zero-order chi connectivity index (χ0) is 13.0. The number of aryl methyl sites for hydroxylation is 1. The Morgan fingerprint density at radius 2 is 1.68 bits per heavy atom. The summed E-state index contributed by atoms with van der Waals surface area (Å²) in [6.45, 7) is 2.04. The molecule has 0 aliphatic carbocycles. The number of benzene rings is 2. The predicted octanol–water partition coefficient (Wildman–Crippen LogP) is 4.00. The summed E-state index contributed by atoms with van der Waals surface area (Å²) >= 11 is 0. The molecule has 2 aromatic heterocycles. The van der Waals surface area contributed by atoms with Crippen molar-refractivity contribution in [1.82, 2.24) is 0 Å². The molecule has 0 spiro atoms. The molecule has 0 N–H and O–H groups in total. The van der Waals surface area contributed by atoms with Crippen LogP contribution in [0.1, 0.15) is 5.56 Å². The standard InChI is InChI=1S/C16H10O3/c1-9-3-2-4-11-10(9)5-6-12-14-13(7-8-18-14)16(17)19-15(11)12/h2-8H,1H3. The molecule has 3 nitrogen and oxygen atoms in total. The van der Waals surface area contributed by atoms with Crippen LogP contribution in [-0.4, -0.2) is 0 Å². The molecule has 0 aliphatic heterocycles. The van der Waals surface area contributed by atoms with E-state index in [4.69, 9.17) is 8.83 Å². The first-order valence-corrected chi connectivity index (χ1v) is 6.08. The Labute approximate surface area is 108 Å². The van der Waals surface area contributed by atoms with E-state index in [0.717, 1.165) is 21.7 Å². The van der Waals surface area contributed by atoms with E-state index in [1.165, 1.54) is 6.26 Å². The van der Waals surface area contributed by atoms with Crippen LogP contribution in [0.4, 0.5) is 0 Å². The van der Waals surface area contributed by atoms with E-state index < -0.39 is 0 Å². The molecule has 2 heterocycles. The molecule has 19 heavy (non-hydrogen) atoms. The fraction of sp³-hybridized carbons (Fsp3) is 0.0625. The summed E-state index contributed by atoms with van der Waals surface area (Å²) in [5.41, 5.74) is 1.98. The quantitative estimate of drug-likeness (QED) is 0.350. The first-order chi connectivity index (χ1) is 9.25. The molecule has 2 aromatic carbocycles. The molecule has 0 saturated heterocycles. The van der Waals surface area contributed by atoms with Crippen molar-refractivity contribution in [2.45, 2.75) is 6.92 Å². The Kier molecular flexibility index (Phi) is 1.90. The predicted molar refractivity (Wildman–Crippen MR) is 74.5 cm³/mol. The van der Waals surface area contributed by atoms with Crippen LogP contribution in [0.5, 0.6) is 0 Å². The summed E-state index contributed by atoms with van der Waals surface area (Å²) < 4.78 is 10.9. The molecule has 0 saturated carbocycles. The average Bonchev–Trinajstić information content (AvgIpc) is 2.89. The van der Waals surface area contributed by atoms with E-state index in [1.807, 2.05) is 37.3 Å². The highest BCUT2D eigenvalue weighted by atomic mass is 16.4. The highest BCUT2D eigenvalue weighted by molar-refractivity contribution is 6.12. The SMILES string of the molecule is Cc1cccc2c1ccc1c3occc3c(=O)oc21. The molecule has 0 fully saturated rings. The number of fused-ring (bicyclic) bond motifs is 5. The van der Waals surface area contributed by atoms with E-state index in [-0.39, 0.29) is 5.63 Å². The van der Waals surface area contributed by atoms with Crippen molar-refractivity contribution in [3.63, 3.8) is 0 Å². The van der Waals surface area contributed by atoms with Crippen molar-refractivity contribution in [2.75, 3.05) is 0 Å². The lowest BCUT2D eigenvalue weighted by molar-refractivity contribution is 0.567. The summed E-state index contributed by atoms with van der Waals surface area (Å²) in [5.74, 6) is 0. The molecular weight excluding hydrogens is 240 g/mol. The van der Waals surface area contributed by atoms with Crippen LogP contribution in [-0.2, 0) is 0 Å². The zero-order valence-electron chi connectivity index (χ0n) is 10.3. The van der Waals surface area contributed by atoms with Gasteiger partial charge in [-0.3, -0.25) is 0 Å². The highest BCUT2D eigenvalue weighted by Crippen LogP contribution is 2.30. The second-order valence-corrected chi connectivity index (χ2v) is 4.67. The van der Waals surface area contributed by atoms with Gasteiger partial charge in [0.15, 0.2) is 5.58 Å². The van der Waals surface area contributed by atoms with Gasteiger partial charge >= 0.3 is 5.63 Å². The van der Waals surface area contributed by atoms with E-state index in [9.17, 15) is 4.79 Å². The van der Waals surface area contributed by atoms with Crippen molar-refractivity contribution in [3.05, 3.63) is 58.6 Å². The van der Waals surface area contributed by atoms with Crippen molar-refractivity contribution >= 4 is 32.7 Å². The summed E-state index contributed by atoms with van der Waals surface area (Å²) in [6.07, 6.45) is 1.52. The van der Waals surface area contributed by atoms with Crippen LogP contribution in [0.25, 0.3) is 32.7 Å². The normalized spacial score (nSPS) is 11.6. The Morgan fingerprint density at radius 3 is 2.58 bits per heavy atom. The van der Waals surface area contributed by atoms with Gasteiger partial charge in [0.05, 0.1) is 11.6 Å². The van der Waals surface area contributed by atoms with Crippen molar-refractivity contribution < 1.29 is 8.83 Å². The molecule has 4 rings (SSSR count). The maximum absolute atomic E-state index is 12.0. The maximum atomic E-state index is 12.0. The molecule has 0 radical (unpaired) electrons. The zero-order valence-corrected chi connectivity index (χ0v) is 10.3. The van der Waals surface area contributed by atoms with E-state index in [2.05, 4.69) is 0 Å². The van der Waals surface area contributed by atoms with Gasteiger partial charge in [-0.05, 0) is 30.0 Å². The van der Waals surface area contributed by atoms with Gasteiger partial charge in [-0.25, -0.2) is 4.79 Å². The Hall–Kier alpha value is -2.55. The van der Waals surface area contributed by atoms with Crippen molar-refractivity contribution in [3.8, 4) is 0 Å². The molecule has 0 amide bonds. The monoisotopic (exact) mass is 250 g/mol. The third kappa shape index (κ3) is 1.30. The fourth-order valence-corrected chi connectivity index (χ4v) is 2.60. The van der Waals surface area contributed by atoms with Crippen molar-refractivity contribution in [2.24, 2.45) is 0 Å². The Balaban J connectivity index is 2.38. The van der Waals surface area contributed by atoms with E-state index >= 15 is 0 Å². The molecule has 92 valence electrons. The van der Waals surface area contributed by atoms with Gasteiger partial charge in [-0.1, -0.05) is 24.3 Å². The minimum Gasteiger partial charge on any atom is -0.463 e. The van der Waals surface area contributed by atoms with E-state index in [1.54, 1.807) is 6.07 Å². The molecule has 0 aliphatic rings. The van der Waals surface area contributed by atoms with Gasteiger partial charge in [0.2, 0.25) is 0 Å². The largest absolute Gasteiger partial charge is 0.463 e. The number of hydrogen-bond donors (Lipinski definition) is 0. The van der Waals surface area contributed by atoms with Crippen molar-refractivity contribution in [1.29, 1.82) is 0 Å². The van der Waals surface area contributed by atoms with Crippen LogP contribution >= 0.6 is 0 Å². The second kappa shape index (κ2) is 3.48. The summed E-state index contributed by atoms with van der Waals surface area (Å²) in [4.78, 5) is 12.0. The van der Waals surface area contributed by atoms with Gasteiger partial charge < -0.3 is 8.83 Å². The first kappa shape index (κ1) is 10.4. The average molecular weight is 250 g/mol. The molecule has 0 atom stereocenters. The molecule has 0 bridgehead atoms. The van der Waals surface area contributed by atoms with Gasteiger partial charge in [0.25, 0.3) is 0 Å². The lowest BCUT2D eigenvalue weighted by atomic mass is 10.0. The minimum atomic E-state index is -0.356. The topological polar surface area (TPSA) is 43.4 Å². The Bertz CT molecular complexity index is 989. The lowest BCUT2D eigenvalue weighted by Gasteiger charge is -2.05. The second-order valence-electron chi connectivity index (χ2n) is 4.67. The highest BCUT2D eigenvalue weighted by Gasteiger charge is 2.12. The van der Waals surface area contributed by atoms with Crippen LogP contribution < -0.4 is 5.63 Å². The molecule has 0 unspecified atom stereocenters. The molecular formula is C16H10O3. The number of rotatable bonds is 0. The van der Waals surface area contributed by atoms with Crippen LogP contribution in [0, 0.1) is 6.92 Å². The fourth-order valence-electron chi connectivity index (χ4n) is 2.60. The first-order valence-electron chi connectivity index (χ1n) is 6.08. The summed E-state index contributed by atoms with van der Waals surface area (Å²) in [6, 6.07) is 11.6. The smallest absolute Gasteiger partial charge is 0.347 e. The van der Waals surface area contributed by atoms with Gasteiger partial charge in [0, 0.05) is 5.39 Å². The summed E-state index contributed by atoms with van der Waals surface area (Å²) in [7, 11) is 0. The van der Waals surface area contributed by atoms with Gasteiger partial charge in [0.1, 0.15) is 11.0 Å². The van der Waals surface area contributed by atoms with Crippen LogP contribution in [0.15, 0.2) is 56.3 Å². The summed E-state index contributed by atoms with van der Waals surface area (Å²) in [5, 5.41) is 3.34. The van der Waals surface area contributed by atoms with Gasteiger partial charge in [-0.2, -0.15) is 0 Å². The van der Waals surface area contributed by atoms with E-state index in [0.29, 0.717) is 16.6 Å². The molecule has 4 aromatic rings. The minimum absolute atomic E-state index is 0.356. The third-order valence-electron chi connectivity index (χ3n) is 3.55. The van der Waals surface area contributed by atoms with Crippen LogP contribution in [0.3, 0.4) is 0 Å². The van der Waals surface area contributed by atoms with Crippen LogP contribution in [0.2, 0.25) is 0 Å². The Morgan fingerprint density at radius 1 is 0.842 bits per heavy atom. The molecule has 3 heteroatoms. The van der Waals surface area contributed by atoms with Gasteiger partial charge in [-0.15, -0.1) is 0 Å². The maximum Gasteiger partial charge on any atom is 0.347 e. The lowest BCUT2D eigenvalue weighted by Crippen LogP contribution is -1.98.